The smallest absolute Gasteiger partial charge is 0.224 e. The number of rotatable bonds is 7. The summed E-state index contributed by atoms with van der Waals surface area (Å²) in [7, 11) is 0. The summed E-state index contributed by atoms with van der Waals surface area (Å²) in [5, 5.41) is 4.07. The molecule has 0 aliphatic carbocycles. The number of fused-ring (bicyclic) bond motifs is 1. The lowest BCUT2D eigenvalue weighted by molar-refractivity contribution is -0.120. The van der Waals surface area contributed by atoms with E-state index in [1.807, 2.05) is 6.07 Å². The average Bonchev–Trinajstić information content (AvgIpc) is 3.02. The van der Waals surface area contributed by atoms with Crippen LogP contribution in [0.25, 0.3) is 11.0 Å². The molecular formula is C20H28N2O3. The molecule has 1 aromatic carbocycles. The third-order valence-corrected chi connectivity index (χ3v) is 5.02. The van der Waals surface area contributed by atoms with Crippen LogP contribution in [0.5, 0.6) is 0 Å². The molecule has 0 unspecified atom stereocenters. The molecule has 0 radical (unpaired) electrons. The van der Waals surface area contributed by atoms with Crippen LogP contribution in [0.3, 0.4) is 0 Å². The highest BCUT2D eigenvalue weighted by atomic mass is 16.5. The molecule has 3 rings (SSSR count). The Balaban J connectivity index is 1.41. The van der Waals surface area contributed by atoms with Gasteiger partial charge >= 0.3 is 0 Å². The first kappa shape index (κ1) is 18.0. The molecule has 0 atom stereocenters. The van der Waals surface area contributed by atoms with Gasteiger partial charge in [0.25, 0.3) is 0 Å². The first-order chi connectivity index (χ1) is 12.1. The molecule has 1 saturated heterocycles. The number of amides is 1. The van der Waals surface area contributed by atoms with E-state index in [4.69, 9.17) is 9.15 Å². The molecular weight excluding hydrogens is 316 g/mol. The SMILES string of the molecule is Cc1ccc2c(CC(=O)NCCCCN3CCOCC3)coc2c1C. The Morgan fingerprint density at radius 1 is 1.20 bits per heavy atom. The van der Waals surface area contributed by atoms with E-state index in [0.717, 1.165) is 74.3 Å². The Hall–Kier alpha value is -1.85. The topological polar surface area (TPSA) is 54.7 Å². The average molecular weight is 344 g/mol. The van der Waals surface area contributed by atoms with Crippen LogP contribution in [-0.4, -0.2) is 50.2 Å². The van der Waals surface area contributed by atoms with Crippen molar-refractivity contribution in [3.63, 3.8) is 0 Å². The van der Waals surface area contributed by atoms with Gasteiger partial charge in [0, 0.05) is 30.6 Å². The van der Waals surface area contributed by atoms with Crippen molar-refractivity contribution in [2.45, 2.75) is 33.1 Å². The van der Waals surface area contributed by atoms with Crippen molar-refractivity contribution < 1.29 is 13.9 Å². The van der Waals surface area contributed by atoms with Crippen LogP contribution in [0.4, 0.5) is 0 Å². The minimum Gasteiger partial charge on any atom is -0.464 e. The maximum absolute atomic E-state index is 12.2. The van der Waals surface area contributed by atoms with Crippen LogP contribution in [-0.2, 0) is 16.0 Å². The summed E-state index contributed by atoms with van der Waals surface area (Å²) >= 11 is 0. The number of furan rings is 1. The number of hydrogen-bond acceptors (Lipinski definition) is 4. The van der Waals surface area contributed by atoms with Crippen LogP contribution in [0.15, 0.2) is 22.8 Å². The van der Waals surface area contributed by atoms with Crippen molar-refractivity contribution in [3.05, 3.63) is 35.1 Å². The molecule has 1 N–H and O–H groups in total. The second kappa shape index (κ2) is 8.50. The van der Waals surface area contributed by atoms with Gasteiger partial charge in [0.1, 0.15) is 5.58 Å². The van der Waals surface area contributed by atoms with Gasteiger partial charge in [-0.2, -0.15) is 0 Å². The van der Waals surface area contributed by atoms with Crippen LogP contribution < -0.4 is 5.32 Å². The molecule has 1 aliphatic heterocycles. The fourth-order valence-corrected chi connectivity index (χ4v) is 3.27. The lowest BCUT2D eigenvalue weighted by Gasteiger charge is -2.26. The summed E-state index contributed by atoms with van der Waals surface area (Å²) in [6.07, 6.45) is 4.20. The van der Waals surface area contributed by atoms with E-state index in [2.05, 4.69) is 30.1 Å². The molecule has 1 aliphatic rings. The molecule has 5 nitrogen and oxygen atoms in total. The summed E-state index contributed by atoms with van der Waals surface area (Å²) in [6, 6.07) is 4.13. The Bertz CT molecular complexity index is 717. The van der Waals surface area contributed by atoms with Gasteiger partial charge < -0.3 is 14.5 Å². The van der Waals surface area contributed by atoms with Crippen molar-refractivity contribution in [2.24, 2.45) is 0 Å². The number of unbranched alkanes of at least 4 members (excludes halogenated alkanes) is 1. The third-order valence-electron chi connectivity index (χ3n) is 5.02. The van der Waals surface area contributed by atoms with E-state index >= 15 is 0 Å². The molecule has 1 amide bonds. The number of hydrogen-bond donors (Lipinski definition) is 1. The molecule has 2 heterocycles. The summed E-state index contributed by atoms with van der Waals surface area (Å²) < 4.78 is 11.0. The lowest BCUT2D eigenvalue weighted by Crippen LogP contribution is -2.37. The van der Waals surface area contributed by atoms with Gasteiger partial charge in [-0.1, -0.05) is 12.1 Å². The van der Waals surface area contributed by atoms with Crippen LogP contribution in [0, 0.1) is 13.8 Å². The molecule has 25 heavy (non-hydrogen) atoms. The zero-order valence-corrected chi connectivity index (χ0v) is 15.3. The summed E-state index contributed by atoms with van der Waals surface area (Å²) in [5.74, 6) is 0.0623. The number of carbonyl (C=O) groups excluding carboxylic acids is 1. The third kappa shape index (κ3) is 4.61. The quantitative estimate of drug-likeness (QED) is 0.785. The van der Waals surface area contributed by atoms with E-state index in [1.165, 1.54) is 5.56 Å². The number of benzene rings is 1. The van der Waals surface area contributed by atoms with E-state index in [1.54, 1.807) is 6.26 Å². The van der Waals surface area contributed by atoms with Gasteiger partial charge in [-0.3, -0.25) is 9.69 Å². The first-order valence-corrected chi connectivity index (χ1v) is 9.18. The maximum atomic E-state index is 12.2. The highest BCUT2D eigenvalue weighted by molar-refractivity contribution is 5.89. The minimum absolute atomic E-state index is 0.0623. The number of ether oxygens (including phenoxy) is 1. The van der Waals surface area contributed by atoms with Crippen molar-refractivity contribution in [3.8, 4) is 0 Å². The number of nitrogens with one attached hydrogen (secondary N) is 1. The predicted molar refractivity (Wildman–Crippen MR) is 98.9 cm³/mol. The van der Waals surface area contributed by atoms with Gasteiger partial charge in [-0.05, 0) is 44.4 Å². The Labute approximate surface area is 149 Å². The van der Waals surface area contributed by atoms with Crippen molar-refractivity contribution >= 4 is 16.9 Å². The van der Waals surface area contributed by atoms with Crippen molar-refractivity contribution in [1.82, 2.24) is 10.2 Å². The molecule has 1 aromatic heterocycles. The Kier molecular flexibility index (Phi) is 6.10. The molecule has 136 valence electrons. The maximum Gasteiger partial charge on any atom is 0.224 e. The Morgan fingerprint density at radius 2 is 2.00 bits per heavy atom. The van der Waals surface area contributed by atoms with Crippen LogP contribution >= 0.6 is 0 Å². The largest absolute Gasteiger partial charge is 0.464 e. The molecule has 0 spiro atoms. The lowest BCUT2D eigenvalue weighted by atomic mass is 10.0. The molecule has 0 bridgehead atoms. The van der Waals surface area contributed by atoms with E-state index in [-0.39, 0.29) is 5.91 Å². The minimum atomic E-state index is 0.0623. The highest BCUT2D eigenvalue weighted by Crippen LogP contribution is 2.26. The second-order valence-corrected chi connectivity index (χ2v) is 6.83. The zero-order chi connectivity index (χ0) is 17.6. The fraction of sp³-hybridized carbons (Fsp3) is 0.550. The van der Waals surface area contributed by atoms with E-state index < -0.39 is 0 Å². The standard InChI is InChI=1S/C20H28N2O3/c1-15-5-6-18-17(14-25-20(18)16(15)2)13-19(23)21-7-3-4-8-22-9-11-24-12-10-22/h5-6,14H,3-4,7-13H2,1-2H3,(H,21,23). The predicted octanol–water partition coefficient (Wildman–Crippen LogP) is 2.82. The van der Waals surface area contributed by atoms with Gasteiger partial charge in [0.2, 0.25) is 5.91 Å². The molecule has 1 fully saturated rings. The van der Waals surface area contributed by atoms with Crippen LogP contribution in [0.2, 0.25) is 0 Å². The monoisotopic (exact) mass is 344 g/mol. The Morgan fingerprint density at radius 3 is 2.80 bits per heavy atom. The highest BCUT2D eigenvalue weighted by Gasteiger charge is 2.13. The summed E-state index contributed by atoms with van der Waals surface area (Å²) in [5.41, 5.74) is 4.21. The van der Waals surface area contributed by atoms with Crippen molar-refractivity contribution in [2.75, 3.05) is 39.4 Å². The number of morpholine rings is 1. The molecule has 2 aromatic rings. The molecule has 0 saturated carbocycles. The normalized spacial score (nSPS) is 15.6. The van der Waals surface area contributed by atoms with Crippen LogP contribution in [0.1, 0.15) is 29.5 Å². The second-order valence-electron chi connectivity index (χ2n) is 6.83. The van der Waals surface area contributed by atoms with E-state index in [9.17, 15) is 4.79 Å². The van der Waals surface area contributed by atoms with E-state index in [0.29, 0.717) is 6.42 Å². The van der Waals surface area contributed by atoms with Crippen molar-refractivity contribution in [1.29, 1.82) is 0 Å². The number of nitrogens with zero attached hydrogens (tertiary/aromatic N) is 1. The zero-order valence-electron chi connectivity index (χ0n) is 15.3. The first-order valence-electron chi connectivity index (χ1n) is 9.18. The van der Waals surface area contributed by atoms with Gasteiger partial charge in [0.15, 0.2) is 0 Å². The fourth-order valence-electron chi connectivity index (χ4n) is 3.27. The summed E-state index contributed by atoms with van der Waals surface area (Å²) in [6.45, 7) is 9.68. The van der Waals surface area contributed by atoms with Gasteiger partial charge in [-0.15, -0.1) is 0 Å². The molecule has 5 heteroatoms. The van der Waals surface area contributed by atoms with Gasteiger partial charge in [0.05, 0.1) is 25.9 Å². The number of aryl methyl sites for hydroxylation is 2. The number of carbonyl (C=O) groups is 1. The van der Waals surface area contributed by atoms with Gasteiger partial charge in [-0.25, -0.2) is 0 Å². The summed E-state index contributed by atoms with van der Waals surface area (Å²) in [4.78, 5) is 14.6.